The molecule has 0 aliphatic rings. The molecule has 0 atom stereocenters. The van der Waals surface area contributed by atoms with Crippen LogP contribution in [0.1, 0.15) is 24.2 Å². The maximum Gasteiger partial charge on any atom is 0.220 e. The number of aryl methyl sites for hydroxylation is 2. The van der Waals surface area contributed by atoms with Crippen LogP contribution in [-0.4, -0.2) is 29.2 Å². The van der Waals surface area contributed by atoms with Crippen LogP contribution in [0.5, 0.6) is 11.5 Å². The van der Waals surface area contributed by atoms with E-state index < -0.39 is 0 Å². The van der Waals surface area contributed by atoms with Crippen LogP contribution in [0.4, 0.5) is 0 Å². The van der Waals surface area contributed by atoms with Gasteiger partial charge in [0.1, 0.15) is 5.82 Å². The minimum atomic E-state index is 0.0250. The van der Waals surface area contributed by atoms with E-state index in [-0.39, 0.29) is 5.91 Å². The van der Waals surface area contributed by atoms with E-state index in [2.05, 4.69) is 16.0 Å². The number of fused-ring (bicyclic) bond motifs is 1. The van der Waals surface area contributed by atoms with Crippen LogP contribution in [0.15, 0.2) is 78.9 Å². The van der Waals surface area contributed by atoms with Crippen LogP contribution in [0.3, 0.4) is 0 Å². The van der Waals surface area contributed by atoms with Gasteiger partial charge in [0.25, 0.3) is 0 Å². The highest BCUT2D eigenvalue weighted by Crippen LogP contribution is 2.26. The van der Waals surface area contributed by atoms with Gasteiger partial charge in [0, 0.05) is 13.0 Å². The zero-order valence-corrected chi connectivity index (χ0v) is 18.9. The number of hydrogen-bond donors (Lipinski definition) is 1. The van der Waals surface area contributed by atoms with Crippen molar-refractivity contribution in [2.45, 2.75) is 32.4 Å². The minimum absolute atomic E-state index is 0.0250. The molecule has 0 saturated carbocycles. The third kappa shape index (κ3) is 5.92. The first kappa shape index (κ1) is 22.4. The molecule has 0 fully saturated rings. The zero-order chi connectivity index (χ0) is 22.9. The molecule has 0 spiro atoms. The molecule has 0 unspecified atom stereocenters. The smallest absolute Gasteiger partial charge is 0.220 e. The Kier molecular flexibility index (Phi) is 7.59. The van der Waals surface area contributed by atoms with Crippen molar-refractivity contribution in [2.24, 2.45) is 0 Å². The Balaban J connectivity index is 1.35. The van der Waals surface area contributed by atoms with Crippen molar-refractivity contribution in [3.63, 3.8) is 0 Å². The number of para-hydroxylation sites is 4. The van der Waals surface area contributed by atoms with Gasteiger partial charge >= 0.3 is 0 Å². The summed E-state index contributed by atoms with van der Waals surface area (Å²) < 4.78 is 13.4. The number of methoxy groups -OCH3 is 1. The summed E-state index contributed by atoms with van der Waals surface area (Å²) in [7, 11) is 1.64. The normalized spacial score (nSPS) is 10.8. The Morgan fingerprint density at radius 3 is 2.48 bits per heavy atom. The van der Waals surface area contributed by atoms with Crippen molar-refractivity contribution in [3.8, 4) is 11.5 Å². The summed E-state index contributed by atoms with van der Waals surface area (Å²) in [5, 5.41) is 3.03. The SMILES string of the molecule is COc1ccccc1OCCCn1c(CNC(=O)CCc2ccccc2)nc2ccccc21. The van der Waals surface area contributed by atoms with E-state index in [1.807, 2.05) is 72.8 Å². The van der Waals surface area contributed by atoms with Crippen LogP contribution >= 0.6 is 0 Å². The second-order valence-corrected chi connectivity index (χ2v) is 7.78. The second kappa shape index (κ2) is 11.2. The maximum absolute atomic E-state index is 12.4. The van der Waals surface area contributed by atoms with Gasteiger partial charge in [-0.25, -0.2) is 4.98 Å². The number of rotatable bonds is 11. The van der Waals surface area contributed by atoms with Gasteiger partial charge in [0.05, 0.1) is 31.3 Å². The summed E-state index contributed by atoms with van der Waals surface area (Å²) in [6, 6.07) is 25.7. The van der Waals surface area contributed by atoms with E-state index >= 15 is 0 Å². The fourth-order valence-corrected chi connectivity index (χ4v) is 3.82. The minimum Gasteiger partial charge on any atom is -0.493 e. The molecule has 0 aliphatic heterocycles. The first-order valence-corrected chi connectivity index (χ1v) is 11.2. The number of hydrogen-bond acceptors (Lipinski definition) is 4. The highest BCUT2D eigenvalue weighted by Gasteiger charge is 2.12. The summed E-state index contributed by atoms with van der Waals surface area (Å²) in [4.78, 5) is 17.2. The molecule has 1 aromatic heterocycles. The van der Waals surface area contributed by atoms with Gasteiger partial charge in [-0.05, 0) is 42.7 Å². The fourth-order valence-electron chi connectivity index (χ4n) is 3.82. The van der Waals surface area contributed by atoms with Crippen molar-refractivity contribution in [1.29, 1.82) is 0 Å². The number of benzene rings is 3. The summed E-state index contributed by atoms with van der Waals surface area (Å²) in [6.07, 6.45) is 1.98. The van der Waals surface area contributed by atoms with Crippen LogP contribution in [0.2, 0.25) is 0 Å². The summed E-state index contributed by atoms with van der Waals surface area (Å²) in [5.74, 6) is 2.34. The van der Waals surface area contributed by atoms with E-state index in [1.54, 1.807) is 7.11 Å². The molecule has 1 N–H and O–H groups in total. The molecule has 0 radical (unpaired) electrons. The number of nitrogens with zero attached hydrogens (tertiary/aromatic N) is 2. The molecule has 170 valence electrons. The maximum atomic E-state index is 12.4. The molecule has 33 heavy (non-hydrogen) atoms. The van der Waals surface area contributed by atoms with Gasteiger partial charge in [0.15, 0.2) is 11.5 Å². The Labute approximate surface area is 194 Å². The van der Waals surface area contributed by atoms with Gasteiger partial charge in [0.2, 0.25) is 5.91 Å². The lowest BCUT2D eigenvalue weighted by atomic mass is 10.1. The quantitative estimate of drug-likeness (QED) is 0.339. The number of carbonyl (C=O) groups excluding carboxylic acids is 1. The summed E-state index contributed by atoms with van der Waals surface area (Å²) in [5.41, 5.74) is 3.15. The molecule has 4 rings (SSSR count). The molecule has 1 amide bonds. The molecular formula is C27H29N3O3. The third-order valence-corrected chi connectivity index (χ3v) is 5.51. The number of amides is 1. The largest absolute Gasteiger partial charge is 0.493 e. The van der Waals surface area contributed by atoms with E-state index in [0.717, 1.165) is 53.3 Å². The molecule has 0 saturated heterocycles. The topological polar surface area (TPSA) is 65.4 Å². The summed E-state index contributed by atoms with van der Waals surface area (Å²) in [6.45, 7) is 1.69. The van der Waals surface area contributed by atoms with Gasteiger partial charge in [-0.15, -0.1) is 0 Å². The predicted octanol–water partition coefficient (Wildman–Crippen LogP) is 4.76. The molecule has 6 heteroatoms. The number of carbonyl (C=O) groups is 1. The van der Waals surface area contributed by atoms with E-state index in [0.29, 0.717) is 19.6 Å². The van der Waals surface area contributed by atoms with Gasteiger partial charge in [-0.3, -0.25) is 4.79 Å². The average molecular weight is 444 g/mol. The Morgan fingerprint density at radius 1 is 0.939 bits per heavy atom. The van der Waals surface area contributed by atoms with Crippen molar-refractivity contribution in [1.82, 2.24) is 14.9 Å². The zero-order valence-electron chi connectivity index (χ0n) is 18.9. The Morgan fingerprint density at radius 2 is 1.67 bits per heavy atom. The van der Waals surface area contributed by atoms with Gasteiger partial charge in [-0.2, -0.15) is 0 Å². The lowest BCUT2D eigenvalue weighted by Gasteiger charge is -2.12. The van der Waals surface area contributed by atoms with E-state index in [4.69, 9.17) is 14.5 Å². The molecule has 4 aromatic rings. The first-order chi connectivity index (χ1) is 16.2. The molecular weight excluding hydrogens is 414 g/mol. The lowest BCUT2D eigenvalue weighted by Crippen LogP contribution is -2.25. The van der Waals surface area contributed by atoms with Crippen LogP contribution in [0.25, 0.3) is 11.0 Å². The number of aromatic nitrogens is 2. The molecule has 3 aromatic carbocycles. The van der Waals surface area contributed by atoms with Crippen LogP contribution < -0.4 is 14.8 Å². The van der Waals surface area contributed by atoms with Crippen molar-refractivity contribution in [3.05, 3.63) is 90.3 Å². The Hall–Kier alpha value is -3.80. The highest BCUT2D eigenvalue weighted by molar-refractivity contribution is 5.77. The third-order valence-electron chi connectivity index (χ3n) is 5.51. The monoisotopic (exact) mass is 443 g/mol. The molecule has 6 nitrogen and oxygen atoms in total. The molecule has 0 bridgehead atoms. The molecule has 1 heterocycles. The van der Waals surface area contributed by atoms with E-state index in [1.165, 1.54) is 0 Å². The van der Waals surface area contributed by atoms with Gasteiger partial charge in [-0.1, -0.05) is 54.6 Å². The van der Waals surface area contributed by atoms with Crippen molar-refractivity contribution < 1.29 is 14.3 Å². The van der Waals surface area contributed by atoms with Crippen molar-refractivity contribution in [2.75, 3.05) is 13.7 Å². The predicted molar refractivity (Wildman–Crippen MR) is 129 cm³/mol. The number of ether oxygens (including phenoxy) is 2. The van der Waals surface area contributed by atoms with Crippen molar-refractivity contribution >= 4 is 16.9 Å². The first-order valence-electron chi connectivity index (χ1n) is 11.2. The van der Waals surface area contributed by atoms with Crippen LogP contribution in [-0.2, 0) is 24.3 Å². The summed E-state index contributed by atoms with van der Waals surface area (Å²) >= 11 is 0. The standard InChI is InChI=1S/C27H29N3O3/c1-32-24-14-7-8-15-25(24)33-19-9-18-30-23-13-6-5-12-22(23)29-26(30)20-28-27(31)17-16-21-10-3-2-4-11-21/h2-8,10-15H,9,16-20H2,1H3,(H,28,31). The second-order valence-electron chi connectivity index (χ2n) is 7.78. The number of imidazole rings is 1. The molecule has 0 aliphatic carbocycles. The highest BCUT2D eigenvalue weighted by atomic mass is 16.5. The van der Waals surface area contributed by atoms with E-state index in [9.17, 15) is 4.79 Å². The van der Waals surface area contributed by atoms with Crippen LogP contribution in [0, 0.1) is 0 Å². The Bertz CT molecular complexity index is 1190. The lowest BCUT2D eigenvalue weighted by molar-refractivity contribution is -0.121. The fraction of sp³-hybridized carbons (Fsp3) is 0.259. The average Bonchev–Trinajstić information content (AvgIpc) is 3.22. The van der Waals surface area contributed by atoms with Gasteiger partial charge < -0.3 is 19.4 Å². The number of nitrogens with one attached hydrogen (secondary N) is 1.